The molecule has 0 fully saturated rings. The average Bonchev–Trinajstić information content (AvgIpc) is 2.61. The van der Waals surface area contributed by atoms with Crippen LogP contribution in [0.15, 0.2) is 60.3 Å². The summed E-state index contributed by atoms with van der Waals surface area (Å²) in [4.78, 5) is 24.0. The second-order valence-electron chi connectivity index (χ2n) is 4.61. The fraction of sp³-hybridized carbons (Fsp3) is 0.0556. The lowest BCUT2D eigenvalue weighted by atomic mass is 10.1. The van der Waals surface area contributed by atoms with Crippen LogP contribution in [0, 0.1) is 11.3 Å². The van der Waals surface area contributed by atoms with E-state index in [-0.39, 0.29) is 5.70 Å². The number of hydrogen-bond acceptors (Lipinski definition) is 4. The number of rotatable bonds is 4. The fourth-order valence-electron chi connectivity index (χ4n) is 1.90. The van der Waals surface area contributed by atoms with Crippen molar-refractivity contribution in [2.45, 2.75) is 0 Å². The van der Waals surface area contributed by atoms with Gasteiger partial charge in [0.1, 0.15) is 5.70 Å². The zero-order chi connectivity index (χ0) is 16.7. The summed E-state index contributed by atoms with van der Waals surface area (Å²) in [7, 11) is 1.23. The first-order valence-electron chi connectivity index (χ1n) is 6.80. The summed E-state index contributed by atoms with van der Waals surface area (Å²) < 4.78 is 4.69. The summed E-state index contributed by atoms with van der Waals surface area (Å²) >= 11 is 0. The summed E-state index contributed by atoms with van der Waals surface area (Å²) in [6.45, 7) is 0. The van der Waals surface area contributed by atoms with Gasteiger partial charge in [-0.05, 0) is 35.9 Å². The third kappa shape index (κ3) is 4.29. The first kappa shape index (κ1) is 16.0. The molecule has 23 heavy (non-hydrogen) atoms. The van der Waals surface area contributed by atoms with Crippen LogP contribution in [0.25, 0.3) is 6.08 Å². The van der Waals surface area contributed by atoms with Gasteiger partial charge in [0.15, 0.2) is 0 Å². The molecule has 0 bridgehead atoms. The van der Waals surface area contributed by atoms with E-state index in [1.54, 1.807) is 54.6 Å². The van der Waals surface area contributed by atoms with Gasteiger partial charge in [-0.15, -0.1) is 0 Å². The number of esters is 1. The van der Waals surface area contributed by atoms with Crippen molar-refractivity contribution >= 4 is 18.0 Å². The van der Waals surface area contributed by atoms with Crippen LogP contribution in [0.5, 0.6) is 0 Å². The molecule has 5 heteroatoms. The fourth-order valence-corrected chi connectivity index (χ4v) is 1.90. The van der Waals surface area contributed by atoms with Crippen LogP contribution in [0.4, 0.5) is 0 Å². The number of carbonyl (C=O) groups excluding carboxylic acids is 2. The Morgan fingerprint density at radius 2 is 1.87 bits per heavy atom. The smallest absolute Gasteiger partial charge is 0.354 e. The average molecular weight is 306 g/mol. The summed E-state index contributed by atoms with van der Waals surface area (Å²) in [6.07, 6.45) is 1.47. The topological polar surface area (TPSA) is 79.2 Å². The van der Waals surface area contributed by atoms with E-state index in [4.69, 9.17) is 10.00 Å². The maximum absolute atomic E-state index is 12.2. The van der Waals surface area contributed by atoms with E-state index in [9.17, 15) is 9.59 Å². The minimum Gasteiger partial charge on any atom is -0.464 e. The Morgan fingerprint density at radius 3 is 2.52 bits per heavy atom. The van der Waals surface area contributed by atoms with Crippen LogP contribution < -0.4 is 5.32 Å². The minimum absolute atomic E-state index is 0.00329. The normalized spacial score (nSPS) is 10.5. The van der Waals surface area contributed by atoms with E-state index in [0.717, 1.165) is 0 Å². The lowest BCUT2D eigenvalue weighted by Gasteiger charge is -2.08. The molecule has 0 saturated carbocycles. The van der Waals surface area contributed by atoms with Crippen molar-refractivity contribution in [3.05, 3.63) is 77.0 Å². The molecule has 0 aliphatic carbocycles. The maximum Gasteiger partial charge on any atom is 0.354 e. The van der Waals surface area contributed by atoms with Gasteiger partial charge in [0, 0.05) is 5.56 Å². The van der Waals surface area contributed by atoms with Crippen molar-refractivity contribution in [1.82, 2.24) is 5.32 Å². The van der Waals surface area contributed by atoms with Crippen LogP contribution in [-0.4, -0.2) is 19.0 Å². The van der Waals surface area contributed by atoms with Crippen molar-refractivity contribution in [1.29, 1.82) is 5.26 Å². The second kappa shape index (κ2) is 7.57. The molecule has 0 atom stereocenters. The molecular weight excluding hydrogens is 292 g/mol. The molecule has 0 spiro atoms. The highest BCUT2D eigenvalue weighted by atomic mass is 16.5. The number of amides is 1. The van der Waals surface area contributed by atoms with Crippen molar-refractivity contribution in [2.24, 2.45) is 0 Å². The number of ether oxygens (including phenoxy) is 1. The van der Waals surface area contributed by atoms with Crippen LogP contribution in [0.2, 0.25) is 0 Å². The highest BCUT2D eigenvalue weighted by molar-refractivity contribution is 6.03. The van der Waals surface area contributed by atoms with Gasteiger partial charge >= 0.3 is 5.97 Å². The van der Waals surface area contributed by atoms with E-state index in [1.807, 2.05) is 6.07 Å². The summed E-state index contributed by atoms with van der Waals surface area (Å²) in [5.41, 5.74) is 1.49. The molecular formula is C18H14N2O3. The molecule has 0 aliphatic rings. The first-order chi connectivity index (χ1) is 11.1. The van der Waals surface area contributed by atoms with E-state index in [2.05, 4.69) is 5.32 Å². The van der Waals surface area contributed by atoms with E-state index >= 15 is 0 Å². The van der Waals surface area contributed by atoms with E-state index in [1.165, 1.54) is 13.2 Å². The van der Waals surface area contributed by atoms with Crippen LogP contribution in [0.3, 0.4) is 0 Å². The molecule has 0 aliphatic heterocycles. The molecule has 1 amide bonds. The van der Waals surface area contributed by atoms with Gasteiger partial charge in [-0.25, -0.2) is 4.79 Å². The number of benzene rings is 2. The molecule has 0 radical (unpaired) electrons. The molecule has 0 heterocycles. The number of nitrogens with zero attached hydrogens (tertiary/aromatic N) is 1. The molecule has 5 nitrogen and oxygen atoms in total. The molecule has 2 aromatic carbocycles. The molecule has 0 aromatic heterocycles. The van der Waals surface area contributed by atoms with Gasteiger partial charge in [0.05, 0.1) is 18.7 Å². The van der Waals surface area contributed by atoms with Crippen molar-refractivity contribution in [3.8, 4) is 6.07 Å². The van der Waals surface area contributed by atoms with Gasteiger partial charge in [0.25, 0.3) is 5.91 Å². The summed E-state index contributed by atoms with van der Waals surface area (Å²) in [5, 5.41) is 11.4. The highest BCUT2D eigenvalue weighted by Gasteiger charge is 2.14. The van der Waals surface area contributed by atoms with Crippen LogP contribution >= 0.6 is 0 Å². The Labute approximate surface area is 133 Å². The predicted octanol–water partition coefficient (Wildman–Crippen LogP) is 2.50. The SMILES string of the molecule is COC(=O)/C(=C/c1cccc(C#N)c1)NC(=O)c1ccccc1. The Balaban J connectivity index is 2.30. The molecule has 114 valence electrons. The predicted molar refractivity (Wildman–Crippen MR) is 85.1 cm³/mol. The summed E-state index contributed by atoms with van der Waals surface area (Å²) in [5.74, 6) is -1.09. The standard InChI is InChI=1S/C18H14N2O3/c1-23-18(22)16(11-13-6-5-7-14(10-13)12-19)20-17(21)15-8-3-2-4-9-15/h2-11H,1H3,(H,20,21)/b16-11-. The van der Waals surface area contributed by atoms with Crippen molar-refractivity contribution < 1.29 is 14.3 Å². The Bertz CT molecular complexity index is 789. The highest BCUT2D eigenvalue weighted by Crippen LogP contribution is 2.10. The zero-order valence-corrected chi connectivity index (χ0v) is 12.4. The molecule has 0 saturated heterocycles. The lowest BCUT2D eigenvalue weighted by molar-refractivity contribution is -0.136. The van der Waals surface area contributed by atoms with Crippen molar-refractivity contribution in [2.75, 3.05) is 7.11 Å². The number of carbonyl (C=O) groups is 2. The monoisotopic (exact) mass is 306 g/mol. The number of nitrogens with one attached hydrogen (secondary N) is 1. The Kier molecular flexibility index (Phi) is 5.26. The Hall–Kier alpha value is -3.39. The zero-order valence-electron chi connectivity index (χ0n) is 12.4. The number of methoxy groups -OCH3 is 1. The largest absolute Gasteiger partial charge is 0.464 e. The lowest BCUT2D eigenvalue weighted by Crippen LogP contribution is -2.28. The van der Waals surface area contributed by atoms with Gasteiger partial charge in [-0.2, -0.15) is 5.26 Å². The van der Waals surface area contributed by atoms with E-state index < -0.39 is 11.9 Å². The van der Waals surface area contributed by atoms with E-state index in [0.29, 0.717) is 16.7 Å². The quantitative estimate of drug-likeness (QED) is 0.695. The third-order valence-corrected chi connectivity index (χ3v) is 3.02. The van der Waals surface area contributed by atoms with Gasteiger partial charge in [0.2, 0.25) is 0 Å². The van der Waals surface area contributed by atoms with Crippen molar-refractivity contribution in [3.63, 3.8) is 0 Å². The molecule has 1 N–H and O–H groups in total. The van der Waals surface area contributed by atoms with Crippen LogP contribution in [-0.2, 0) is 9.53 Å². The Morgan fingerprint density at radius 1 is 1.13 bits per heavy atom. The third-order valence-electron chi connectivity index (χ3n) is 3.02. The first-order valence-corrected chi connectivity index (χ1v) is 6.80. The summed E-state index contributed by atoms with van der Waals surface area (Å²) in [6, 6.07) is 17.2. The molecule has 2 rings (SSSR count). The second-order valence-corrected chi connectivity index (χ2v) is 4.61. The number of hydrogen-bond donors (Lipinski definition) is 1. The minimum atomic E-state index is -0.670. The van der Waals surface area contributed by atoms with Gasteiger partial charge < -0.3 is 10.1 Å². The van der Waals surface area contributed by atoms with Crippen LogP contribution in [0.1, 0.15) is 21.5 Å². The number of nitriles is 1. The molecule has 0 unspecified atom stereocenters. The van der Waals surface area contributed by atoms with Gasteiger partial charge in [-0.3, -0.25) is 4.79 Å². The molecule has 2 aromatic rings. The maximum atomic E-state index is 12.2. The van der Waals surface area contributed by atoms with Gasteiger partial charge in [-0.1, -0.05) is 30.3 Å².